The number of benzene rings is 1. The predicted molar refractivity (Wildman–Crippen MR) is 92.6 cm³/mol. The second-order valence-corrected chi connectivity index (χ2v) is 6.62. The highest BCUT2D eigenvalue weighted by Gasteiger charge is 2.24. The van der Waals surface area contributed by atoms with Crippen LogP contribution >= 0.6 is 0 Å². The van der Waals surface area contributed by atoms with Crippen LogP contribution in [0.4, 0.5) is 0 Å². The van der Waals surface area contributed by atoms with Crippen molar-refractivity contribution in [3.8, 4) is 0 Å². The highest BCUT2D eigenvalue weighted by molar-refractivity contribution is 5.94. The molecule has 1 fully saturated rings. The quantitative estimate of drug-likeness (QED) is 0.850. The number of piperidine rings is 1. The van der Waals surface area contributed by atoms with E-state index in [0.717, 1.165) is 31.5 Å². The normalized spacial score (nSPS) is 15.9. The number of amides is 1. The van der Waals surface area contributed by atoms with Gasteiger partial charge in [0.2, 0.25) is 0 Å². The monoisotopic (exact) mass is 308 g/mol. The first kappa shape index (κ1) is 15.7. The second kappa shape index (κ2) is 6.95. The fraction of sp³-hybridized carbons (Fsp3) is 0.400. The molecule has 0 radical (unpaired) electrons. The van der Waals surface area contributed by atoms with Gasteiger partial charge in [-0.15, -0.1) is 0 Å². The third-order valence-electron chi connectivity index (χ3n) is 4.78. The third-order valence-corrected chi connectivity index (χ3v) is 4.78. The minimum absolute atomic E-state index is 0.161. The summed E-state index contributed by atoms with van der Waals surface area (Å²) in [4.78, 5) is 18.7. The molecule has 0 saturated carbocycles. The Kier molecular flexibility index (Phi) is 4.75. The lowest BCUT2D eigenvalue weighted by atomic mass is 9.90. The zero-order valence-corrected chi connectivity index (χ0v) is 13.9. The molecule has 3 nitrogen and oxygen atoms in total. The summed E-state index contributed by atoms with van der Waals surface area (Å²) in [5, 5.41) is 0. The van der Waals surface area contributed by atoms with Gasteiger partial charge in [0.05, 0.1) is 0 Å². The minimum Gasteiger partial charge on any atom is -0.339 e. The lowest BCUT2D eigenvalue weighted by Gasteiger charge is -2.32. The van der Waals surface area contributed by atoms with E-state index in [4.69, 9.17) is 0 Å². The summed E-state index contributed by atoms with van der Waals surface area (Å²) in [5.41, 5.74) is 3.42. The molecule has 120 valence electrons. The van der Waals surface area contributed by atoms with Gasteiger partial charge < -0.3 is 4.90 Å². The molecular weight excluding hydrogens is 284 g/mol. The molecule has 1 amide bonds. The largest absolute Gasteiger partial charge is 0.339 e. The molecule has 23 heavy (non-hydrogen) atoms. The number of likely N-dealkylation sites (tertiary alicyclic amines) is 1. The van der Waals surface area contributed by atoms with Crippen molar-refractivity contribution < 1.29 is 4.79 Å². The summed E-state index contributed by atoms with van der Waals surface area (Å²) in [6.45, 7) is 6.00. The Hall–Kier alpha value is -2.16. The Morgan fingerprint density at radius 1 is 1.04 bits per heavy atom. The second-order valence-electron chi connectivity index (χ2n) is 6.62. The van der Waals surface area contributed by atoms with E-state index in [-0.39, 0.29) is 5.91 Å². The number of carbonyl (C=O) groups excluding carboxylic acids is 1. The molecule has 2 heterocycles. The van der Waals surface area contributed by atoms with Crippen LogP contribution in [0.5, 0.6) is 0 Å². The van der Waals surface area contributed by atoms with E-state index in [1.54, 1.807) is 0 Å². The molecule has 1 aromatic heterocycles. The van der Waals surface area contributed by atoms with E-state index in [0.29, 0.717) is 11.8 Å². The molecule has 0 unspecified atom stereocenters. The van der Waals surface area contributed by atoms with E-state index in [2.05, 4.69) is 43.1 Å². The molecule has 0 atom stereocenters. The fourth-order valence-electron chi connectivity index (χ4n) is 3.24. The van der Waals surface area contributed by atoms with Gasteiger partial charge >= 0.3 is 0 Å². The van der Waals surface area contributed by atoms with Gasteiger partial charge in [-0.3, -0.25) is 9.78 Å². The molecule has 0 spiro atoms. The van der Waals surface area contributed by atoms with Gasteiger partial charge in [-0.05, 0) is 60.1 Å². The summed E-state index contributed by atoms with van der Waals surface area (Å²) in [7, 11) is 0. The van der Waals surface area contributed by atoms with E-state index in [1.165, 1.54) is 11.1 Å². The van der Waals surface area contributed by atoms with Crippen molar-refractivity contribution in [3.05, 3.63) is 65.5 Å². The summed E-state index contributed by atoms with van der Waals surface area (Å²) in [6.07, 6.45) is 5.76. The highest BCUT2D eigenvalue weighted by Crippen LogP contribution is 2.28. The maximum atomic E-state index is 12.6. The van der Waals surface area contributed by atoms with E-state index < -0.39 is 0 Å². The molecule has 3 rings (SSSR count). The number of aromatic nitrogens is 1. The molecule has 3 heteroatoms. The van der Waals surface area contributed by atoms with E-state index >= 15 is 0 Å². The number of hydrogen-bond donors (Lipinski definition) is 0. The van der Waals surface area contributed by atoms with Crippen LogP contribution in [0.15, 0.2) is 48.8 Å². The molecule has 0 aliphatic carbocycles. The van der Waals surface area contributed by atoms with Crippen LogP contribution in [0, 0.1) is 0 Å². The average molecular weight is 308 g/mol. The molecule has 0 N–H and O–H groups in total. The van der Waals surface area contributed by atoms with Gasteiger partial charge in [-0.25, -0.2) is 0 Å². The first-order valence-electron chi connectivity index (χ1n) is 8.44. The van der Waals surface area contributed by atoms with Gasteiger partial charge in [-0.1, -0.05) is 26.0 Å². The molecule has 1 aliphatic rings. The minimum atomic E-state index is 0.161. The smallest absolute Gasteiger partial charge is 0.253 e. The van der Waals surface area contributed by atoms with Crippen molar-refractivity contribution in [2.24, 2.45) is 0 Å². The van der Waals surface area contributed by atoms with Crippen LogP contribution in [0.1, 0.15) is 60.0 Å². The Morgan fingerprint density at radius 2 is 1.65 bits per heavy atom. The molecule has 2 aromatic rings. The van der Waals surface area contributed by atoms with Crippen LogP contribution in [-0.4, -0.2) is 28.9 Å². The average Bonchev–Trinajstić information content (AvgIpc) is 2.62. The molecular formula is C20H24N2O. The third kappa shape index (κ3) is 3.61. The lowest BCUT2D eigenvalue weighted by molar-refractivity contribution is 0.0713. The van der Waals surface area contributed by atoms with Crippen molar-refractivity contribution in [1.29, 1.82) is 0 Å². The van der Waals surface area contributed by atoms with Crippen molar-refractivity contribution in [1.82, 2.24) is 9.88 Å². The number of carbonyl (C=O) groups is 1. The van der Waals surface area contributed by atoms with Crippen molar-refractivity contribution >= 4 is 5.91 Å². The summed E-state index contributed by atoms with van der Waals surface area (Å²) < 4.78 is 0. The van der Waals surface area contributed by atoms with Crippen LogP contribution in [0.2, 0.25) is 0 Å². The van der Waals surface area contributed by atoms with Gasteiger partial charge in [0.1, 0.15) is 0 Å². The first-order chi connectivity index (χ1) is 11.1. The van der Waals surface area contributed by atoms with Gasteiger partial charge in [-0.2, -0.15) is 0 Å². The standard InChI is InChI=1S/C20H24N2O/c1-15(2)16-3-5-19(6-4-16)20(23)22-13-9-18(10-14-22)17-7-11-21-12-8-17/h3-8,11-12,15,18H,9-10,13-14H2,1-2H3. The van der Waals surface area contributed by atoms with Gasteiger partial charge in [0.25, 0.3) is 5.91 Å². The molecule has 1 saturated heterocycles. The van der Waals surface area contributed by atoms with Gasteiger partial charge in [0.15, 0.2) is 0 Å². The Bertz CT molecular complexity index is 641. The maximum Gasteiger partial charge on any atom is 0.253 e. The topological polar surface area (TPSA) is 33.2 Å². The van der Waals surface area contributed by atoms with E-state index in [1.807, 2.05) is 29.4 Å². The van der Waals surface area contributed by atoms with Crippen LogP contribution in [0.3, 0.4) is 0 Å². The molecule has 0 bridgehead atoms. The Morgan fingerprint density at radius 3 is 2.22 bits per heavy atom. The summed E-state index contributed by atoms with van der Waals surface area (Å²) >= 11 is 0. The Balaban J connectivity index is 1.62. The number of hydrogen-bond acceptors (Lipinski definition) is 2. The van der Waals surface area contributed by atoms with Crippen molar-refractivity contribution in [2.75, 3.05) is 13.1 Å². The zero-order valence-electron chi connectivity index (χ0n) is 13.9. The van der Waals surface area contributed by atoms with Crippen LogP contribution in [-0.2, 0) is 0 Å². The maximum absolute atomic E-state index is 12.6. The van der Waals surface area contributed by atoms with Gasteiger partial charge in [0, 0.05) is 31.0 Å². The summed E-state index contributed by atoms with van der Waals surface area (Å²) in [6, 6.07) is 12.3. The fourth-order valence-corrected chi connectivity index (χ4v) is 3.24. The van der Waals surface area contributed by atoms with Crippen molar-refractivity contribution in [2.45, 2.75) is 38.5 Å². The lowest BCUT2D eigenvalue weighted by Crippen LogP contribution is -2.37. The zero-order chi connectivity index (χ0) is 16.2. The predicted octanol–water partition coefficient (Wildman–Crippen LogP) is 4.22. The SMILES string of the molecule is CC(C)c1ccc(C(=O)N2CCC(c3ccncc3)CC2)cc1. The van der Waals surface area contributed by atoms with Crippen LogP contribution < -0.4 is 0 Å². The number of pyridine rings is 1. The number of rotatable bonds is 3. The van der Waals surface area contributed by atoms with Crippen LogP contribution in [0.25, 0.3) is 0 Å². The number of nitrogens with zero attached hydrogens (tertiary/aromatic N) is 2. The highest BCUT2D eigenvalue weighted by atomic mass is 16.2. The van der Waals surface area contributed by atoms with E-state index in [9.17, 15) is 4.79 Å². The first-order valence-corrected chi connectivity index (χ1v) is 8.44. The Labute approximate surface area is 138 Å². The van der Waals surface area contributed by atoms with Crippen molar-refractivity contribution in [3.63, 3.8) is 0 Å². The summed E-state index contributed by atoms with van der Waals surface area (Å²) in [5.74, 6) is 1.20. The molecule has 1 aliphatic heterocycles. The molecule has 1 aromatic carbocycles.